The highest BCUT2D eigenvalue weighted by atomic mass is 15.0. The fourth-order valence-electron chi connectivity index (χ4n) is 8.53. The third-order valence-electron chi connectivity index (χ3n) is 11.2. The zero-order valence-corrected chi connectivity index (χ0v) is 30.5. The van der Waals surface area contributed by atoms with Crippen molar-refractivity contribution in [3.05, 3.63) is 218 Å². The van der Waals surface area contributed by atoms with Gasteiger partial charge in [0.1, 0.15) is 5.84 Å². The number of para-hydroxylation sites is 3. The third kappa shape index (κ3) is 5.34. The molecule has 0 bridgehead atoms. The van der Waals surface area contributed by atoms with Gasteiger partial charge in [-0.15, -0.1) is 0 Å². The highest BCUT2D eigenvalue weighted by Gasteiger charge is 2.19. The van der Waals surface area contributed by atoms with Crippen LogP contribution in [-0.2, 0) is 0 Å². The molecule has 1 N–H and O–H groups in total. The maximum atomic E-state index is 4.81. The Balaban J connectivity index is 0.953. The minimum Gasteiger partial charge on any atom is -0.359 e. The molecule has 0 aliphatic carbocycles. The van der Waals surface area contributed by atoms with Crippen molar-refractivity contribution in [3.8, 4) is 33.6 Å². The Morgan fingerprint density at radius 3 is 1.54 bits per heavy atom. The lowest BCUT2D eigenvalue weighted by Crippen LogP contribution is -2.30. The van der Waals surface area contributed by atoms with Crippen LogP contribution in [0.1, 0.15) is 17.2 Å². The van der Waals surface area contributed by atoms with E-state index in [1.807, 2.05) is 6.20 Å². The number of hydrogen-bond acceptors (Lipinski definition) is 2. The molecule has 1 aliphatic heterocycles. The Morgan fingerprint density at radius 2 is 0.875 bits per heavy atom. The summed E-state index contributed by atoms with van der Waals surface area (Å²) in [6.07, 6.45) is 4.04. The Hall–Kier alpha value is -7.43. The summed E-state index contributed by atoms with van der Waals surface area (Å²) in [7, 11) is 0. The summed E-state index contributed by atoms with van der Waals surface area (Å²) < 4.78 is 4.75. The number of amidine groups is 1. The predicted molar refractivity (Wildman–Crippen MR) is 234 cm³/mol. The van der Waals surface area contributed by atoms with Crippen LogP contribution in [0.4, 0.5) is 0 Å². The van der Waals surface area contributed by atoms with Crippen molar-refractivity contribution < 1.29 is 0 Å². The molecule has 264 valence electrons. The average Bonchev–Trinajstić information content (AvgIpc) is 3.79. The number of fused-ring (bicyclic) bond motifs is 6. The van der Waals surface area contributed by atoms with E-state index >= 15 is 0 Å². The van der Waals surface area contributed by atoms with Gasteiger partial charge < -0.3 is 14.5 Å². The van der Waals surface area contributed by atoms with E-state index in [9.17, 15) is 0 Å². The molecule has 4 nitrogen and oxygen atoms in total. The molecule has 11 rings (SSSR count). The molecule has 1 unspecified atom stereocenters. The van der Waals surface area contributed by atoms with Gasteiger partial charge in [-0.25, -0.2) is 4.99 Å². The number of benzene rings is 8. The molecule has 0 saturated heterocycles. The molecule has 1 atom stereocenters. The van der Waals surface area contributed by atoms with Crippen LogP contribution in [0.25, 0.3) is 77.2 Å². The Bertz CT molecular complexity index is 3150. The molecule has 0 spiro atoms. The van der Waals surface area contributed by atoms with E-state index in [1.165, 1.54) is 77.1 Å². The first kappa shape index (κ1) is 32.0. The first-order chi connectivity index (χ1) is 27.8. The van der Waals surface area contributed by atoms with Crippen molar-refractivity contribution in [2.75, 3.05) is 0 Å². The van der Waals surface area contributed by atoms with Crippen LogP contribution in [-0.4, -0.2) is 15.0 Å². The summed E-state index contributed by atoms with van der Waals surface area (Å²) in [6.45, 7) is 0. The van der Waals surface area contributed by atoms with Gasteiger partial charge in [0.25, 0.3) is 0 Å². The predicted octanol–water partition coefficient (Wildman–Crippen LogP) is 12.8. The first-order valence-corrected chi connectivity index (χ1v) is 19.2. The molecular formula is C52H36N4. The molecule has 56 heavy (non-hydrogen) atoms. The fraction of sp³-hybridized carbons (Fsp3) is 0.0192. The van der Waals surface area contributed by atoms with Crippen molar-refractivity contribution >= 4 is 49.4 Å². The van der Waals surface area contributed by atoms with Crippen LogP contribution >= 0.6 is 0 Å². The number of hydrogen-bond donors (Lipinski definition) is 1. The quantitative estimate of drug-likeness (QED) is 0.183. The van der Waals surface area contributed by atoms with Gasteiger partial charge in [-0.3, -0.25) is 0 Å². The smallest absolute Gasteiger partial charge is 0.133 e. The molecule has 10 aromatic rings. The topological polar surface area (TPSA) is 34.2 Å². The van der Waals surface area contributed by atoms with E-state index in [0.29, 0.717) is 0 Å². The van der Waals surface area contributed by atoms with Gasteiger partial charge in [0.05, 0.1) is 28.1 Å². The van der Waals surface area contributed by atoms with Crippen LogP contribution in [0.5, 0.6) is 0 Å². The van der Waals surface area contributed by atoms with E-state index in [4.69, 9.17) is 4.99 Å². The number of rotatable bonds is 6. The molecule has 1 aliphatic rings. The standard InChI is InChI=1S/C52H36N4/c1-3-12-35(13-4-1)36-22-24-37(25-23-36)47-30-31-53-52(54-47)40-14-11-17-42(32-40)56-49-21-10-8-19-44(49)46-34-39(27-29-51(46)56)38-26-28-50-45(33-38)43-18-7-9-20-48(43)55(50)41-15-5-2-6-16-41/h1-34,47H,(H,53,54). The lowest BCUT2D eigenvalue weighted by Gasteiger charge is -2.22. The molecule has 0 saturated carbocycles. The van der Waals surface area contributed by atoms with Gasteiger partial charge in [-0.2, -0.15) is 0 Å². The van der Waals surface area contributed by atoms with Crippen LogP contribution in [0.15, 0.2) is 211 Å². The number of aliphatic imine (C=N–C) groups is 1. The largest absolute Gasteiger partial charge is 0.359 e. The van der Waals surface area contributed by atoms with E-state index < -0.39 is 0 Å². The monoisotopic (exact) mass is 716 g/mol. The number of nitrogens with zero attached hydrogens (tertiary/aromatic N) is 3. The van der Waals surface area contributed by atoms with Crippen molar-refractivity contribution in [1.82, 2.24) is 14.5 Å². The molecule has 8 aromatic carbocycles. The zero-order valence-electron chi connectivity index (χ0n) is 30.5. The second-order valence-electron chi connectivity index (χ2n) is 14.5. The number of aromatic nitrogens is 2. The SMILES string of the molecule is C1=CC(c2ccc(-c3ccccc3)cc2)NC(c2cccc(-n3c4ccccc4c4cc(-c5ccc6c(c5)c5ccccc5n6-c5ccccc5)ccc43)c2)=N1. The molecule has 3 heterocycles. The van der Waals surface area contributed by atoms with Gasteiger partial charge in [-0.1, -0.05) is 133 Å². The summed E-state index contributed by atoms with van der Waals surface area (Å²) >= 11 is 0. The highest BCUT2D eigenvalue weighted by Crippen LogP contribution is 2.38. The summed E-state index contributed by atoms with van der Waals surface area (Å²) in [6, 6.07) is 69.9. The zero-order chi connectivity index (χ0) is 37.0. The van der Waals surface area contributed by atoms with E-state index in [1.54, 1.807) is 0 Å². The Morgan fingerprint density at radius 1 is 0.375 bits per heavy atom. The fourth-order valence-corrected chi connectivity index (χ4v) is 8.53. The summed E-state index contributed by atoms with van der Waals surface area (Å²) in [4.78, 5) is 4.81. The van der Waals surface area contributed by atoms with Gasteiger partial charge in [0.15, 0.2) is 0 Å². The van der Waals surface area contributed by atoms with Crippen molar-refractivity contribution in [2.45, 2.75) is 6.04 Å². The first-order valence-electron chi connectivity index (χ1n) is 19.2. The van der Waals surface area contributed by atoms with E-state index in [0.717, 1.165) is 17.1 Å². The Kier molecular flexibility index (Phi) is 7.52. The summed E-state index contributed by atoms with van der Waals surface area (Å²) in [5.74, 6) is 0.860. The summed E-state index contributed by atoms with van der Waals surface area (Å²) in [5, 5.41) is 8.67. The van der Waals surface area contributed by atoms with Crippen LogP contribution < -0.4 is 5.32 Å². The third-order valence-corrected chi connectivity index (χ3v) is 11.2. The van der Waals surface area contributed by atoms with Crippen molar-refractivity contribution in [1.29, 1.82) is 0 Å². The van der Waals surface area contributed by atoms with Crippen molar-refractivity contribution in [2.24, 2.45) is 4.99 Å². The molecule has 0 fully saturated rings. The van der Waals surface area contributed by atoms with Crippen molar-refractivity contribution in [3.63, 3.8) is 0 Å². The van der Waals surface area contributed by atoms with Gasteiger partial charge in [-0.05, 0) is 94.6 Å². The van der Waals surface area contributed by atoms with E-state index in [-0.39, 0.29) is 6.04 Å². The second kappa shape index (κ2) is 13.2. The highest BCUT2D eigenvalue weighted by molar-refractivity contribution is 6.13. The molecule has 0 amide bonds. The van der Waals surface area contributed by atoms with Crippen LogP contribution in [0, 0.1) is 0 Å². The minimum atomic E-state index is 0.0248. The average molecular weight is 717 g/mol. The van der Waals surface area contributed by atoms with Crippen LogP contribution in [0.2, 0.25) is 0 Å². The normalized spacial score (nSPS) is 14.1. The molecule has 2 aromatic heterocycles. The maximum Gasteiger partial charge on any atom is 0.133 e. The van der Waals surface area contributed by atoms with Gasteiger partial charge in [0, 0.05) is 44.7 Å². The summed E-state index contributed by atoms with van der Waals surface area (Å²) in [5.41, 5.74) is 14.1. The van der Waals surface area contributed by atoms with Crippen LogP contribution in [0.3, 0.4) is 0 Å². The Labute approximate surface area is 324 Å². The number of nitrogens with one attached hydrogen (secondary N) is 1. The van der Waals surface area contributed by atoms with E-state index in [2.05, 4.69) is 215 Å². The van der Waals surface area contributed by atoms with Gasteiger partial charge >= 0.3 is 0 Å². The lowest BCUT2D eigenvalue weighted by atomic mass is 10.00. The molecule has 0 radical (unpaired) electrons. The second-order valence-corrected chi connectivity index (χ2v) is 14.5. The maximum absolute atomic E-state index is 4.81. The minimum absolute atomic E-state index is 0.0248. The molecule has 4 heteroatoms. The van der Waals surface area contributed by atoms with Gasteiger partial charge in [0.2, 0.25) is 0 Å². The molecular weight excluding hydrogens is 681 g/mol. The lowest BCUT2D eigenvalue weighted by molar-refractivity contribution is 0.776.